The molecule has 1 atom stereocenters. The highest BCUT2D eigenvalue weighted by atomic mass is 16.7. The predicted octanol–water partition coefficient (Wildman–Crippen LogP) is 1.42. The van der Waals surface area contributed by atoms with Crippen LogP contribution in [0.2, 0.25) is 0 Å². The van der Waals surface area contributed by atoms with Crippen LogP contribution in [0.3, 0.4) is 0 Å². The summed E-state index contributed by atoms with van der Waals surface area (Å²) in [6, 6.07) is 16.1. The monoisotopic (exact) mass is 430 g/mol. The summed E-state index contributed by atoms with van der Waals surface area (Å²) in [5.74, 6) is -1.96. The number of aliphatic hydroxyl groups is 1. The molecule has 1 unspecified atom stereocenters. The van der Waals surface area contributed by atoms with Crippen LogP contribution in [0.25, 0.3) is 0 Å². The molecule has 0 radical (unpaired) electrons. The van der Waals surface area contributed by atoms with Gasteiger partial charge in [0, 0.05) is 39.3 Å². The van der Waals surface area contributed by atoms with Crippen LogP contribution in [-0.4, -0.2) is 76.6 Å². The van der Waals surface area contributed by atoms with Crippen molar-refractivity contribution in [2.75, 3.05) is 39.5 Å². The summed E-state index contributed by atoms with van der Waals surface area (Å²) >= 11 is 0. The van der Waals surface area contributed by atoms with Crippen LogP contribution in [0.5, 0.6) is 11.5 Å². The lowest BCUT2D eigenvalue weighted by atomic mass is 10.1. The van der Waals surface area contributed by atoms with Crippen molar-refractivity contribution in [1.29, 1.82) is 0 Å². The lowest BCUT2D eigenvalue weighted by Gasteiger charge is -2.35. The summed E-state index contributed by atoms with van der Waals surface area (Å²) < 4.78 is 10.8. The molecule has 2 aliphatic heterocycles. The van der Waals surface area contributed by atoms with E-state index >= 15 is 0 Å². The predicted molar refractivity (Wildman–Crippen MR) is 111 cm³/mol. The minimum absolute atomic E-state index is 0.321. The van der Waals surface area contributed by atoms with Crippen molar-refractivity contribution in [3.8, 4) is 11.5 Å². The Morgan fingerprint density at radius 3 is 2.13 bits per heavy atom. The van der Waals surface area contributed by atoms with Gasteiger partial charge in [0.15, 0.2) is 11.5 Å². The van der Waals surface area contributed by atoms with Crippen molar-refractivity contribution in [3.05, 3.63) is 59.7 Å². The summed E-state index contributed by atoms with van der Waals surface area (Å²) in [6.45, 7) is 5.92. The number of carboxylic acid groups (broad SMARTS) is 2. The standard InChI is InChI=1S/C20H24N2O3.C2H2O4/c23-18(17-4-2-1-3-5-17)14-22-10-8-21(9-11-22)13-16-6-7-19-20(12-16)25-15-24-19;3-1(4)2(5)6/h1-7,12,18,23H,8-11,13-15H2;(H,3,4)(H,5,6). The summed E-state index contributed by atoms with van der Waals surface area (Å²) in [6.07, 6.45) is -0.415. The van der Waals surface area contributed by atoms with E-state index in [0.717, 1.165) is 49.8 Å². The molecule has 9 heteroatoms. The van der Waals surface area contributed by atoms with E-state index in [9.17, 15) is 5.11 Å². The van der Waals surface area contributed by atoms with Gasteiger partial charge in [0.25, 0.3) is 0 Å². The van der Waals surface area contributed by atoms with Gasteiger partial charge in [0.05, 0.1) is 6.10 Å². The highest BCUT2D eigenvalue weighted by Gasteiger charge is 2.21. The van der Waals surface area contributed by atoms with E-state index in [-0.39, 0.29) is 0 Å². The minimum Gasteiger partial charge on any atom is -0.473 e. The Hall–Kier alpha value is -3.14. The molecule has 0 aromatic heterocycles. The molecule has 0 saturated carbocycles. The van der Waals surface area contributed by atoms with Gasteiger partial charge in [-0.25, -0.2) is 9.59 Å². The molecule has 4 rings (SSSR count). The third kappa shape index (κ3) is 6.68. The zero-order chi connectivity index (χ0) is 22.2. The number of aliphatic carboxylic acids is 2. The average Bonchev–Trinajstić information content (AvgIpc) is 3.24. The second-order valence-corrected chi connectivity index (χ2v) is 7.30. The van der Waals surface area contributed by atoms with Crippen molar-refractivity contribution in [2.24, 2.45) is 0 Å². The Labute approximate surface area is 180 Å². The first-order valence-corrected chi connectivity index (χ1v) is 9.95. The quantitative estimate of drug-likeness (QED) is 0.605. The first-order valence-electron chi connectivity index (χ1n) is 9.95. The number of carboxylic acids is 2. The molecule has 2 aromatic carbocycles. The highest BCUT2D eigenvalue weighted by Crippen LogP contribution is 2.32. The van der Waals surface area contributed by atoms with E-state index < -0.39 is 18.0 Å². The fourth-order valence-corrected chi connectivity index (χ4v) is 3.45. The van der Waals surface area contributed by atoms with Gasteiger partial charge >= 0.3 is 11.9 Å². The number of hydrogen-bond donors (Lipinski definition) is 3. The molecule has 2 aromatic rings. The molecule has 0 bridgehead atoms. The number of nitrogens with zero attached hydrogens (tertiary/aromatic N) is 2. The molecular weight excluding hydrogens is 404 g/mol. The van der Waals surface area contributed by atoms with Gasteiger partial charge in [-0.05, 0) is 23.3 Å². The van der Waals surface area contributed by atoms with Crippen LogP contribution in [0.15, 0.2) is 48.5 Å². The first kappa shape index (κ1) is 22.5. The van der Waals surface area contributed by atoms with Crippen molar-refractivity contribution in [2.45, 2.75) is 12.6 Å². The highest BCUT2D eigenvalue weighted by molar-refractivity contribution is 6.27. The summed E-state index contributed by atoms with van der Waals surface area (Å²) in [5.41, 5.74) is 2.24. The molecule has 1 fully saturated rings. The molecule has 2 aliphatic rings. The fourth-order valence-electron chi connectivity index (χ4n) is 3.45. The number of benzene rings is 2. The van der Waals surface area contributed by atoms with E-state index in [1.54, 1.807) is 0 Å². The Balaban J connectivity index is 0.000000401. The van der Waals surface area contributed by atoms with Crippen LogP contribution in [0, 0.1) is 0 Å². The maximum absolute atomic E-state index is 10.4. The number of piperazine rings is 1. The van der Waals surface area contributed by atoms with Gasteiger partial charge < -0.3 is 24.8 Å². The van der Waals surface area contributed by atoms with Gasteiger partial charge in [-0.3, -0.25) is 9.80 Å². The molecule has 0 aliphatic carbocycles. The average molecular weight is 430 g/mol. The zero-order valence-electron chi connectivity index (χ0n) is 17.0. The molecule has 0 amide bonds. The smallest absolute Gasteiger partial charge is 0.414 e. The molecule has 0 spiro atoms. The Bertz CT molecular complexity index is 871. The first-order chi connectivity index (χ1) is 14.9. The van der Waals surface area contributed by atoms with Gasteiger partial charge in [0.1, 0.15) is 0 Å². The van der Waals surface area contributed by atoms with Crippen molar-refractivity contribution < 1.29 is 34.4 Å². The number of hydrogen-bond acceptors (Lipinski definition) is 7. The lowest BCUT2D eigenvalue weighted by molar-refractivity contribution is -0.159. The largest absolute Gasteiger partial charge is 0.473 e. The molecule has 2 heterocycles. The maximum Gasteiger partial charge on any atom is 0.414 e. The van der Waals surface area contributed by atoms with Crippen molar-refractivity contribution in [3.63, 3.8) is 0 Å². The van der Waals surface area contributed by atoms with Crippen molar-refractivity contribution in [1.82, 2.24) is 9.80 Å². The lowest BCUT2D eigenvalue weighted by Crippen LogP contribution is -2.47. The fraction of sp³-hybridized carbons (Fsp3) is 0.364. The van der Waals surface area contributed by atoms with Crippen LogP contribution >= 0.6 is 0 Å². The molecule has 31 heavy (non-hydrogen) atoms. The molecule has 166 valence electrons. The van der Waals surface area contributed by atoms with Crippen LogP contribution in [0.4, 0.5) is 0 Å². The Morgan fingerprint density at radius 1 is 0.871 bits per heavy atom. The van der Waals surface area contributed by atoms with E-state index in [0.29, 0.717) is 13.3 Å². The number of carbonyl (C=O) groups is 2. The number of fused-ring (bicyclic) bond motifs is 1. The van der Waals surface area contributed by atoms with E-state index in [4.69, 9.17) is 29.3 Å². The summed E-state index contributed by atoms with van der Waals surface area (Å²) in [7, 11) is 0. The van der Waals surface area contributed by atoms with Crippen LogP contribution in [0.1, 0.15) is 17.2 Å². The Kier molecular flexibility index (Phi) is 7.82. The van der Waals surface area contributed by atoms with Crippen LogP contribution in [-0.2, 0) is 16.1 Å². The third-order valence-corrected chi connectivity index (χ3v) is 5.11. The van der Waals surface area contributed by atoms with Gasteiger partial charge in [-0.1, -0.05) is 36.4 Å². The minimum atomic E-state index is -1.82. The zero-order valence-corrected chi connectivity index (χ0v) is 17.0. The molecule has 3 N–H and O–H groups in total. The van der Waals surface area contributed by atoms with Crippen LogP contribution < -0.4 is 9.47 Å². The number of ether oxygens (including phenoxy) is 2. The maximum atomic E-state index is 10.4. The molecular formula is C22H26N2O7. The second-order valence-electron chi connectivity index (χ2n) is 7.30. The van der Waals surface area contributed by atoms with Crippen molar-refractivity contribution >= 4 is 11.9 Å². The molecule has 9 nitrogen and oxygen atoms in total. The normalized spacial score (nSPS) is 16.8. The summed E-state index contributed by atoms with van der Waals surface area (Å²) in [4.78, 5) is 23.0. The number of rotatable bonds is 5. The third-order valence-electron chi connectivity index (χ3n) is 5.11. The molecule has 1 saturated heterocycles. The van der Waals surface area contributed by atoms with Gasteiger partial charge in [-0.2, -0.15) is 0 Å². The Morgan fingerprint density at radius 2 is 1.48 bits per heavy atom. The van der Waals surface area contributed by atoms with Gasteiger partial charge in [-0.15, -0.1) is 0 Å². The second kappa shape index (κ2) is 10.8. The summed E-state index contributed by atoms with van der Waals surface area (Å²) in [5, 5.41) is 25.2. The van der Waals surface area contributed by atoms with E-state index in [1.807, 2.05) is 36.4 Å². The topological polar surface area (TPSA) is 120 Å². The van der Waals surface area contributed by atoms with E-state index in [2.05, 4.69) is 21.9 Å². The SMILES string of the molecule is O=C(O)C(=O)O.OC(CN1CCN(Cc2ccc3c(c2)OCO3)CC1)c1ccccc1. The number of aliphatic hydroxyl groups excluding tert-OH is 1. The number of β-amino-alcohol motifs (C(OH)–C–C–N with tert-alkyl or cyclic N) is 1. The van der Waals surface area contributed by atoms with Gasteiger partial charge in [0.2, 0.25) is 6.79 Å². The van der Waals surface area contributed by atoms with E-state index in [1.165, 1.54) is 5.56 Å².